The number of carbonyl (C=O) groups excluding carboxylic acids is 1. The molecule has 8 heteroatoms. The molecule has 180 valence electrons. The third-order valence-corrected chi connectivity index (χ3v) is 6.67. The second-order valence-corrected chi connectivity index (χ2v) is 9.44. The number of pyridine rings is 1. The van der Waals surface area contributed by atoms with E-state index >= 15 is 0 Å². The molecule has 0 bridgehead atoms. The SMILES string of the molecule is COc1ccc(C(=O)N2CCN(c3nc(-c4ccco4)c4c(c3C#N)CC(C)(C)OC4)CC2)cc1. The van der Waals surface area contributed by atoms with Crippen LogP contribution in [0.3, 0.4) is 0 Å². The molecule has 0 radical (unpaired) electrons. The lowest BCUT2D eigenvalue weighted by atomic mass is 9.87. The van der Waals surface area contributed by atoms with Crippen molar-refractivity contribution < 1.29 is 18.7 Å². The molecule has 8 nitrogen and oxygen atoms in total. The number of methoxy groups -OCH3 is 1. The second-order valence-electron chi connectivity index (χ2n) is 9.44. The molecule has 0 unspecified atom stereocenters. The molecule has 1 fully saturated rings. The lowest BCUT2D eigenvalue weighted by molar-refractivity contribution is -0.0400. The summed E-state index contributed by atoms with van der Waals surface area (Å²) in [5.74, 6) is 2.01. The van der Waals surface area contributed by atoms with E-state index in [0.717, 1.165) is 16.9 Å². The average Bonchev–Trinajstić information content (AvgIpc) is 3.42. The number of carbonyl (C=O) groups is 1. The van der Waals surface area contributed by atoms with E-state index in [9.17, 15) is 10.1 Å². The maximum Gasteiger partial charge on any atom is 0.253 e. The molecule has 3 aromatic rings. The van der Waals surface area contributed by atoms with Crippen LogP contribution >= 0.6 is 0 Å². The van der Waals surface area contributed by atoms with Crippen molar-refractivity contribution in [1.29, 1.82) is 5.26 Å². The number of aromatic nitrogens is 1. The Hall–Kier alpha value is -3.83. The zero-order valence-corrected chi connectivity index (χ0v) is 20.2. The predicted molar refractivity (Wildman–Crippen MR) is 130 cm³/mol. The van der Waals surface area contributed by atoms with E-state index in [-0.39, 0.29) is 11.5 Å². The quantitative estimate of drug-likeness (QED) is 0.566. The fourth-order valence-electron chi connectivity index (χ4n) is 4.75. The third-order valence-electron chi connectivity index (χ3n) is 6.67. The van der Waals surface area contributed by atoms with E-state index in [2.05, 4.69) is 11.0 Å². The van der Waals surface area contributed by atoms with Gasteiger partial charge in [-0.25, -0.2) is 4.98 Å². The Morgan fingerprint density at radius 3 is 2.49 bits per heavy atom. The summed E-state index contributed by atoms with van der Waals surface area (Å²) in [5.41, 5.74) is 3.44. The van der Waals surface area contributed by atoms with Crippen LogP contribution in [-0.2, 0) is 17.8 Å². The Kier molecular flexibility index (Phi) is 5.95. The molecule has 0 atom stereocenters. The first-order valence-electron chi connectivity index (χ1n) is 11.7. The Morgan fingerprint density at radius 2 is 1.86 bits per heavy atom. The van der Waals surface area contributed by atoms with Gasteiger partial charge in [-0.2, -0.15) is 5.26 Å². The number of amides is 1. The fourth-order valence-corrected chi connectivity index (χ4v) is 4.75. The van der Waals surface area contributed by atoms with Crippen molar-refractivity contribution in [2.75, 3.05) is 38.2 Å². The molecule has 35 heavy (non-hydrogen) atoms. The molecule has 1 aromatic carbocycles. The monoisotopic (exact) mass is 472 g/mol. The lowest BCUT2D eigenvalue weighted by Crippen LogP contribution is -2.49. The first-order valence-corrected chi connectivity index (χ1v) is 11.7. The molecular formula is C27H28N4O4. The highest BCUT2D eigenvalue weighted by Crippen LogP contribution is 2.39. The highest BCUT2D eigenvalue weighted by atomic mass is 16.5. The number of furan rings is 1. The Bertz CT molecular complexity index is 1270. The number of ether oxygens (including phenoxy) is 2. The van der Waals surface area contributed by atoms with Gasteiger partial charge in [-0.1, -0.05) is 0 Å². The number of hydrogen-bond donors (Lipinski definition) is 0. The van der Waals surface area contributed by atoms with Gasteiger partial charge in [0.25, 0.3) is 5.91 Å². The minimum atomic E-state index is -0.374. The summed E-state index contributed by atoms with van der Waals surface area (Å²) in [6.45, 7) is 6.70. The molecule has 2 aromatic heterocycles. The van der Waals surface area contributed by atoms with Crippen molar-refractivity contribution in [3.63, 3.8) is 0 Å². The van der Waals surface area contributed by atoms with E-state index in [1.807, 2.05) is 30.9 Å². The van der Waals surface area contributed by atoms with Crippen molar-refractivity contribution in [3.8, 4) is 23.3 Å². The van der Waals surface area contributed by atoms with Crippen LogP contribution in [-0.4, -0.2) is 54.7 Å². The summed E-state index contributed by atoms with van der Waals surface area (Å²) in [7, 11) is 1.60. The lowest BCUT2D eigenvalue weighted by Gasteiger charge is -2.38. The van der Waals surface area contributed by atoms with Gasteiger partial charge in [-0.05, 0) is 55.8 Å². The van der Waals surface area contributed by atoms with Gasteiger partial charge in [-0.15, -0.1) is 0 Å². The minimum Gasteiger partial charge on any atom is -0.497 e. The zero-order chi connectivity index (χ0) is 24.6. The van der Waals surface area contributed by atoms with Crippen molar-refractivity contribution in [1.82, 2.24) is 9.88 Å². The van der Waals surface area contributed by atoms with Gasteiger partial charge in [0.15, 0.2) is 5.76 Å². The van der Waals surface area contributed by atoms with Gasteiger partial charge >= 0.3 is 0 Å². The Labute approximate surface area is 204 Å². The normalized spacial score (nSPS) is 17.0. The molecule has 0 N–H and O–H groups in total. The fraction of sp³-hybridized carbons (Fsp3) is 0.370. The Balaban J connectivity index is 1.44. The van der Waals surface area contributed by atoms with Gasteiger partial charge in [0.1, 0.15) is 23.3 Å². The van der Waals surface area contributed by atoms with Crippen LogP contribution in [0.4, 0.5) is 5.82 Å². The Morgan fingerprint density at radius 1 is 1.11 bits per heavy atom. The van der Waals surface area contributed by atoms with Crippen LogP contribution in [0.1, 0.15) is 40.9 Å². The van der Waals surface area contributed by atoms with Crippen molar-refractivity contribution in [2.45, 2.75) is 32.5 Å². The first-order chi connectivity index (χ1) is 16.9. The molecule has 1 saturated heterocycles. The van der Waals surface area contributed by atoms with Crippen LogP contribution in [0.15, 0.2) is 47.1 Å². The summed E-state index contributed by atoms with van der Waals surface area (Å²) in [6.07, 6.45) is 2.24. The zero-order valence-electron chi connectivity index (χ0n) is 20.2. The van der Waals surface area contributed by atoms with Gasteiger partial charge in [0, 0.05) is 43.7 Å². The van der Waals surface area contributed by atoms with E-state index in [0.29, 0.717) is 67.6 Å². The summed E-state index contributed by atoms with van der Waals surface area (Å²) >= 11 is 0. The average molecular weight is 473 g/mol. The largest absolute Gasteiger partial charge is 0.497 e. The number of hydrogen-bond acceptors (Lipinski definition) is 7. The highest BCUT2D eigenvalue weighted by Gasteiger charge is 2.34. The van der Waals surface area contributed by atoms with Crippen LogP contribution in [0.25, 0.3) is 11.5 Å². The summed E-state index contributed by atoms with van der Waals surface area (Å²) in [4.78, 5) is 21.9. The molecule has 0 saturated carbocycles. The smallest absolute Gasteiger partial charge is 0.253 e. The van der Waals surface area contributed by atoms with Crippen LogP contribution in [0.2, 0.25) is 0 Å². The standard InChI is InChI=1S/C27H28N4O4/c1-27(2)15-20-21(16-28)25(29-24(22(20)17-35-27)23-5-4-14-34-23)30-10-12-31(13-11-30)26(32)18-6-8-19(33-3)9-7-18/h4-9,14H,10-13,15,17H2,1-3H3. The summed E-state index contributed by atoms with van der Waals surface area (Å²) < 4.78 is 16.9. The molecule has 0 aliphatic carbocycles. The number of nitriles is 1. The van der Waals surface area contributed by atoms with Crippen molar-refractivity contribution >= 4 is 11.7 Å². The van der Waals surface area contributed by atoms with Crippen LogP contribution < -0.4 is 9.64 Å². The first kappa shape index (κ1) is 22.9. The second kappa shape index (κ2) is 9.08. The molecule has 1 amide bonds. The molecule has 4 heterocycles. The highest BCUT2D eigenvalue weighted by molar-refractivity contribution is 5.94. The maximum atomic E-state index is 13.0. The number of fused-ring (bicyclic) bond motifs is 1. The third kappa shape index (κ3) is 4.35. The summed E-state index contributed by atoms with van der Waals surface area (Å²) in [5, 5.41) is 10.2. The van der Waals surface area contributed by atoms with Crippen LogP contribution in [0, 0.1) is 11.3 Å². The van der Waals surface area contributed by atoms with E-state index < -0.39 is 0 Å². The minimum absolute atomic E-state index is 0.0126. The number of piperazine rings is 1. The molecule has 5 rings (SSSR count). The van der Waals surface area contributed by atoms with Gasteiger partial charge in [0.05, 0.1) is 31.1 Å². The van der Waals surface area contributed by atoms with Gasteiger partial charge in [0.2, 0.25) is 0 Å². The maximum absolute atomic E-state index is 13.0. The van der Waals surface area contributed by atoms with E-state index in [1.165, 1.54) is 0 Å². The number of nitrogens with zero attached hydrogens (tertiary/aromatic N) is 4. The predicted octanol–water partition coefficient (Wildman–Crippen LogP) is 4.04. The van der Waals surface area contributed by atoms with Gasteiger partial charge < -0.3 is 23.7 Å². The molecule has 2 aliphatic heterocycles. The molecule has 2 aliphatic rings. The number of anilines is 1. The molecular weight excluding hydrogens is 444 g/mol. The number of rotatable bonds is 4. The van der Waals surface area contributed by atoms with Crippen LogP contribution in [0.5, 0.6) is 5.75 Å². The molecule has 0 spiro atoms. The summed E-state index contributed by atoms with van der Waals surface area (Å²) in [6, 6.07) is 13.3. The topological polar surface area (TPSA) is 91.8 Å². The van der Waals surface area contributed by atoms with E-state index in [1.54, 1.807) is 37.6 Å². The van der Waals surface area contributed by atoms with Crippen molar-refractivity contribution in [2.24, 2.45) is 0 Å². The number of benzene rings is 1. The van der Waals surface area contributed by atoms with Gasteiger partial charge in [-0.3, -0.25) is 4.79 Å². The van der Waals surface area contributed by atoms with E-state index in [4.69, 9.17) is 18.9 Å². The van der Waals surface area contributed by atoms with Crippen molar-refractivity contribution in [3.05, 3.63) is 64.9 Å².